The molecule has 0 bridgehead atoms. The lowest BCUT2D eigenvalue weighted by atomic mass is 10.0. The number of carbonyl (C=O) groups is 1. The van der Waals surface area contributed by atoms with Crippen molar-refractivity contribution in [2.45, 2.75) is 39.0 Å². The summed E-state index contributed by atoms with van der Waals surface area (Å²) in [5.41, 5.74) is 0.752. The lowest BCUT2D eigenvalue weighted by molar-refractivity contribution is -0.116. The van der Waals surface area contributed by atoms with Crippen LogP contribution in [0.4, 0.5) is 5.69 Å². The molecule has 3 N–H and O–H groups in total. The Hall–Kier alpha value is -1.10. The van der Waals surface area contributed by atoms with E-state index in [4.69, 9.17) is 21.1 Å². The first kappa shape index (κ1) is 27.9. The zero-order valence-electron chi connectivity index (χ0n) is 18.3. The number of rotatable bonds is 12. The average molecular weight is 567 g/mol. The van der Waals surface area contributed by atoms with Gasteiger partial charge < -0.3 is 25.4 Å². The second-order valence-corrected chi connectivity index (χ2v) is 7.77. The van der Waals surface area contributed by atoms with Crippen LogP contribution >= 0.6 is 35.6 Å². The fraction of sp³-hybridized carbons (Fsp3) is 0.636. The van der Waals surface area contributed by atoms with Gasteiger partial charge >= 0.3 is 0 Å². The minimum absolute atomic E-state index is 0. The highest BCUT2D eigenvalue weighted by Gasteiger charge is 2.13. The van der Waals surface area contributed by atoms with Crippen molar-refractivity contribution in [3.05, 3.63) is 29.3 Å². The molecule has 0 atom stereocenters. The summed E-state index contributed by atoms with van der Waals surface area (Å²) < 4.78 is 11.2. The molecular formula is C22H36ClIN4O3. The van der Waals surface area contributed by atoms with E-state index in [9.17, 15) is 4.79 Å². The smallest absolute Gasteiger partial charge is 0.224 e. The number of benzene rings is 1. The number of anilines is 1. The number of hydrogen-bond donors (Lipinski definition) is 3. The van der Waals surface area contributed by atoms with Crippen LogP contribution < -0.4 is 16.0 Å². The highest BCUT2D eigenvalue weighted by molar-refractivity contribution is 14.0. The fourth-order valence-corrected chi connectivity index (χ4v) is 3.20. The third kappa shape index (κ3) is 13.1. The van der Waals surface area contributed by atoms with E-state index < -0.39 is 0 Å². The fourth-order valence-electron chi connectivity index (χ4n) is 3.07. The third-order valence-corrected chi connectivity index (χ3v) is 5.01. The van der Waals surface area contributed by atoms with Gasteiger partial charge in [0.2, 0.25) is 5.91 Å². The van der Waals surface area contributed by atoms with Gasteiger partial charge in [-0.15, -0.1) is 24.0 Å². The molecule has 0 unspecified atom stereocenters. The molecule has 1 aliphatic rings. The average Bonchev–Trinajstić information content (AvgIpc) is 2.76. The Morgan fingerprint density at radius 2 is 1.94 bits per heavy atom. The molecule has 1 amide bonds. The van der Waals surface area contributed by atoms with E-state index >= 15 is 0 Å². The van der Waals surface area contributed by atoms with Crippen molar-refractivity contribution >= 4 is 53.1 Å². The van der Waals surface area contributed by atoms with Crippen LogP contribution in [0.25, 0.3) is 0 Å². The molecule has 1 fully saturated rings. The summed E-state index contributed by atoms with van der Waals surface area (Å²) >= 11 is 5.85. The number of nitrogens with zero attached hydrogens (tertiary/aromatic N) is 1. The van der Waals surface area contributed by atoms with E-state index in [0.717, 1.165) is 70.4 Å². The molecule has 1 aliphatic heterocycles. The summed E-state index contributed by atoms with van der Waals surface area (Å²) in [4.78, 5) is 16.5. The van der Waals surface area contributed by atoms with Crippen molar-refractivity contribution < 1.29 is 14.3 Å². The first-order valence-electron chi connectivity index (χ1n) is 10.9. The largest absolute Gasteiger partial charge is 0.381 e. The molecule has 0 aliphatic carbocycles. The van der Waals surface area contributed by atoms with Gasteiger partial charge in [0.05, 0.1) is 0 Å². The number of guanidine groups is 1. The highest BCUT2D eigenvalue weighted by Crippen LogP contribution is 2.15. The van der Waals surface area contributed by atoms with Crippen molar-refractivity contribution in [1.29, 1.82) is 0 Å². The first-order chi connectivity index (χ1) is 14.7. The maximum absolute atomic E-state index is 12.0. The van der Waals surface area contributed by atoms with Gasteiger partial charge in [-0.3, -0.25) is 9.79 Å². The van der Waals surface area contributed by atoms with Crippen LogP contribution in [0, 0.1) is 5.92 Å². The summed E-state index contributed by atoms with van der Waals surface area (Å²) in [6.07, 6.45) is 4.24. The van der Waals surface area contributed by atoms with Gasteiger partial charge in [0.1, 0.15) is 0 Å². The maximum Gasteiger partial charge on any atom is 0.224 e. The summed E-state index contributed by atoms with van der Waals surface area (Å²) in [5.74, 6) is 1.40. The third-order valence-electron chi connectivity index (χ3n) is 4.76. The van der Waals surface area contributed by atoms with Gasteiger partial charge in [-0.25, -0.2) is 0 Å². The van der Waals surface area contributed by atoms with Crippen LogP contribution in [0.5, 0.6) is 0 Å². The molecule has 1 heterocycles. The Morgan fingerprint density at radius 3 is 2.65 bits per heavy atom. The van der Waals surface area contributed by atoms with Crippen molar-refractivity contribution in [3.63, 3.8) is 0 Å². The van der Waals surface area contributed by atoms with Gasteiger partial charge in [0.15, 0.2) is 5.96 Å². The van der Waals surface area contributed by atoms with E-state index in [-0.39, 0.29) is 29.9 Å². The zero-order chi connectivity index (χ0) is 21.4. The molecule has 176 valence electrons. The van der Waals surface area contributed by atoms with Gasteiger partial charge in [-0.1, -0.05) is 11.6 Å². The Balaban J connectivity index is 0.00000480. The van der Waals surface area contributed by atoms with Crippen molar-refractivity contribution in [2.24, 2.45) is 10.9 Å². The van der Waals surface area contributed by atoms with Gasteiger partial charge in [0.25, 0.3) is 0 Å². The number of carbonyl (C=O) groups excluding carboxylic acids is 1. The molecule has 2 rings (SSSR count). The molecule has 9 heteroatoms. The molecule has 31 heavy (non-hydrogen) atoms. The van der Waals surface area contributed by atoms with Crippen LogP contribution in [0.3, 0.4) is 0 Å². The number of aliphatic imine (C=N–C) groups is 1. The summed E-state index contributed by atoms with van der Waals surface area (Å²) in [7, 11) is 0. The minimum Gasteiger partial charge on any atom is -0.381 e. The standard InChI is InChI=1S/C22H35ClN4O3.HI/c1-2-24-22(26-13-4-14-30-17-18-10-15-29-16-11-18)25-12-3-5-21(28)27-20-8-6-19(23)7-9-20;/h6-9,18H,2-5,10-17H2,1H3,(H,27,28)(H2,24,25,26);1H. The SMILES string of the molecule is CCNC(=NCCCC(=O)Nc1ccc(Cl)cc1)NCCCOCC1CCOCC1.I. The predicted octanol–water partition coefficient (Wildman–Crippen LogP) is 4.07. The molecule has 0 spiro atoms. The van der Waals surface area contributed by atoms with E-state index in [1.807, 2.05) is 6.92 Å². The molecule has 0 aromatic heterocycles. The van der Waals surface area contributed by atoms with Gasteiger partial charge in [0, 0.05) is 63.2 Å². The van der Waals surface area contributed by atoms with E-state index in [1.165, 1.54) is 0 Å². The normalized spacial score (nSPS) is 14.6. The van der Waals surface area contributed by atoms with Crippen molar-refractivity contribution in [3.8, 4) is 0 Å². The van der Waals surface area contributed by atoms with Crippen molar-refractivity contribution in [1.82, 2.24) is 10.6 Å². The second-order valence-electron chi connectivity index (χ2n) is 7.33. The monoisotopic (exact) mass is 566 g/mol. The van der Waals surface area contributed by atoms with Crippen LogP contribution in [0.1, 0.15) is 39.0 Å². The van der Waals surface area contributed by atoms with Crippen LogP contribution in [0.15, 0.2) is 29.3 Å². The predicted molar refractivity (Wildman–Crippen MR) is 138 cm³/mol. The summed E-state index contributed by atoms with van der Waals surface area (Å²) in [5, 5.41) is 10.1. The topological polar surface area (TPSA) is 84.0 Å². The Labute approximate surface area is 208 Å². The number of ether oxygens (including phenoxy) is 2. The van der Waals surface area contributed by atoms with Gasteiger partial charge in [-0.05, 0) is 62.8 Å². The molecule has 1 aromatic carbocycles. The Morgan fingerprint density at radius 1 is 1.19 bits per heavy atom. The highest BCUT2D eigenvalue weighted by atomic mass is 127. The van der Waals surface area contributed by atoms with E-state index in [2.05, 4.69) is 20.9 Å². The number of hydrogen-bond acceptors (Lipinski definition) is 4. The molecule has 1 saturated heterocycles. The molecule has 0 radical (unpaired) electrons. The quantitative estimate of drug-likeness (QED) is 0.154. The summed E-state index contributed by atoms with van der Waals surface area (Å²) in [6, 6.07) is 7.09. The first-order valence-corrected chi connectivity index (χ1v) is 11.3. The van der Waals surface area contributed by atoms with Crippen LogP contribution in [-0.4, -0.2) is 57.9 Å². The molecule has 7 nitrogen and oxygen atoms in total. The summed E-state index contributed by atoms with van der Waals surface area (Å²) in [6.45, 7) is 7.52. The number of amides is 1. The van der Waals surface area contributed by atoms with E-state index in [1.54, 1.807) is 24.3 Å². The molecule has 0 saturated carbocycles. The molecule has 1 aromatic rings. The number of nitrogens with one attached hydrogen (secondary N) is 3. The van der Waals surface area contributed by atoms with E-state index in [0.29, 0.717) is 30.3 Å². The lowest BCUT2D eigenvalue weighted by Gasteiger charge is -2.21. The Kier molecular flexibility index (Phi) is 15.7. The zero-order valence-corrected chi connectivity index (χ0v) is 21.4. The maximum atomic E-state index is 12.0. The Bertz CT molecular complexity index is 640. The van der Waals surface area contributed by atoms with Crippen LogP contribution in [0.2, 0.25) is 5.02 Å². The lowest BCUT2D eigenvalue weighted by Crippen LogP contribution is -2.38. The minimum atomic E-state index is -0.0211. The van der Waals surface area contributed by atoms with Crippen molar-refractivity contribution in [2.75, 3.05) is 51.4 Å². The van der Waals surface area contributed by atoms with Crippen LogP contribution in [-0.2, 0) is 14.3 Å². The van der Waals surface area contributed by atoms with Gasteiger partial charge in [-0.2, -0.15) is 0 Å². The number of halogens is 2. The second kappa shape index (κ2) is 17.5. The molecular weight excluding hydrogens is 531 g/mol.